The van der Waals surface area contributed by atoms with Crippen LogP contribution in [0.5, 0.6) is 0 Å². The van der Waals surface area contributed by atoms with E-state index in [1.807, 2.05) is 54.6 Å². The summed E-state index contributed by atoms with van der Waals surface area (Å²) in [7, 11) is 0. The predicted molar refractivity (Wildman–Crippen MR) is 131 cm³/mol. The summed E-state index contributed by atoms with van der Waals surface area (Å²) in [6.45, 7) is -0.852. The number of fused-ring (bicyclic) bond motifs is 1. The van der Waals surface area contributed by atoms with Gasteiger partial charge in [0.15, 0.2) is 0 Å². The topological polar surface area (TPSA) is 63.1 Å². The molecule has 0 bridgehead atoms. The van der Waals surface area contributed by atoms with E-state index in [2.05, 4.69) is 15.6 Å². The molecule has 1 aliphatic heterocycles. The summed E-state index contributed by atoms with van der Waals surface area (Å²) in [5.41, 5.74) is 3.27. The summed E-state index contributed by atoms with van der Waals surface area (Å²) in [5, 5.41) is 11.5. The van der Waals surface area contributed by atoms with Crippen molar-refractivity contribution in [3.63, 3.8) is 0 Å². The minimum Gasteiger partial charge on any atom is -0.381 e. The molecule has 6 nitrogen and oxygen atoms in total. The summed E-state index contributed by atoms with van der Waals surface area (Å²) in [6.07, 6.45) is -2.94. The highest BCUT2D eigenvalue weighted by Gasteiger charge is 2.40. The number of alkyl halides is 3. The van der Waals surface area contributed by atoms with Gasteiger partial charge < -0.3 is 10.2 Å². The minimum absolute atomic E-state index is 0.0660. The van der Waals surface area contributed by atoms with E-state index in [1.54, 1.807) is 0 Å². The fourth-order valence-electron chi connectivity index (χ4n) is 4.46. The summed E-state index contributed by atoms with van der Waals surface area (Å²) in [5.74, 6) is -1.45. The molecule has 1 N–H and O–H groups in total. The van der Waals surface area contributed by atoms with Crippen LogP contribution in [0.3, 0.4) is 0 Å². The molecule has 10 heteroatoms. The van der Waals surface area contributed by atoms with Crippen molar-refractivity contribution in [2.45, 2.75) is 31.6 Å². The van der Waals surface area contributed by atoms with Gasteiger partial charge in [0.1, 0.15) is 24.1 Å². The fraction of sp³-hybridized carbons (Fsp3) is 0.222. The molecule has 1 aromatic heterocycles. The van der Waals surface area contributed by atoms with Crippen molar-refractivity contribution in [2.24, 2.45) is 0 Å². The van der Waals surface area contributed by atoms with Crippen molar-refractivity contribution in [2.75, 3.05) is 16.8 Å². The number of hydrogen-bond acceptors (Lipinski definition) is 4. The van der Waals surface area contributed by atoms with Gasteiger partial charge in [-0.3, -0.25) is 4.79 Å². The lowest BCUT2D eigenvalue weighted by Crippen LogP contribution is -2.42. The second-order valence-corrected chi connectivity index (χ2v) is 8.83. The van der Waals surface area contributed by atoms with Crippen molar-refractivity contribution >= 4 is 17.3 Å². The lowest BCUT2D eigenvalue weighted by atomic mass is 10.1. The first-order chi connectivity index (χ1) is 17.8. The van der Waals surface area contributed by atoms with Gasteiger partial charge in [0.2, 0.25) is 0 Å². The molecule has 37 heavy (non-hydrogen) atoms. The van der Waals surface area contributed by atoms with E-state index in [4.69, 9.17) is 0 Å². The zero-order chi connectivity index (χ0) is 26.0. The number of halogens is 4. The molecule has 3 aromatic carbocycles. The Kier molecular flexibility index (Phi) is 6.64. The first kappa shape index (κ1) is 24.5. The van der Waals surface area contributed by atoms with E-state index in [1.165, 1.54) is 29.1 Å². The number of nitrogens with zero attached hydrogens (tertiary/aromatic N) is 4. The van der Waals surface area contributed by atoms with Gasteiger partial charge in [-0.1, -0.05) is 53.7 Å². The van der Waals surface area contributed by atoms with Crippen molar-refractivity contribution in [1.29, 1.82) is 0 Å². The van der Waals surface area contributed by atoms with Gasteiger partial charge in [-0.15, -0.1) is 5.10 Å². The molecule has 0 saturated carbocycles. The Morgan fingerprint density at radius 1 is 0.973 bits per heavy atom. The van der Waals surface area contributed by atoms with Crippen molar-refractivity contribution in [3.8, 4) is 11.3 Å². The predicted octanol–water partition coefficient (Wildman–Crippen LogP) is 5.78. The maximum Gasteiger partial charge on any atom is 0.406 e. The molecule has 1 amide bonds. The Morgan fingerprint density at radius 2 is 1.73 bits per heavy atom. The number of rotatable bonds is 6. The molecule has 0 fully saturated rings. The normalized spacial score (nSPS) is 15.8. The second-order valence-electron chi connectivity index (χ2n) is 8.83. The van der Waals surface area contributed by atoms with Crippen molar-refractivity contribution in [3.05, 3.63) is 95.9 Å². The summed E-state index contributed by atoms with van der Waals surface area (Å²) in [6, 6.07) is 20.2. The van der Waals surface area contributed by atoms with Gasteiger partial charge in [-0.2, -0.15) is 13.2 Å². The van der Waals surface area contributed by atoms with Crippen LogP contribution in [0.4, 0.5) is 28.9 Å². The number of amides is 1. The van der Waals surface area contributed by atoms with Gasteiger partial charge in [0, 0.05) is 23.4 Å². The molecule has 1 unspecified atom stereocenters. The largest absolute Gasteiger partial charge is 0.406 e. The van der Waals surface area contributed by atoms with E-state index >= 15 is 0 Å². The SMILES string of the molecule is O=C1C(n2cc(-c3ccc(NCc4ccccc4)cc3)nn2)CCc2c(F)cccc2N1CC(F)(F)F. The van der Waals surface area contributed by atoms with Crippen LogP contribution in [0.1, 0.15) is 23.6 Å². The zero-order valence-corrected chi connectivity index (χ0v) is 19.6. The van der Waals surface area contributed by atoms with Crippen LogP contribution in [-0.2, 0) is 17.8 Å². The Balaban J connectivity index is 1.35. The Hall–Kier alpha value is -4.21. The van der Waals surface area contributed by atoms with E-state index in [0.717, 1.165) is 16.8 Å². The van der Waals surface area contributed by atoms with Crippen LogP contribution in [0.15, 0.2) is 79.0 Å². The highest BCUT2D eigenvalue weighted by molar-refractivity contribution is 5.97. The van der Waals surface area contributed by atoms with E-state index in [0.29, 0.717) is 17.1 Å². The number of anilines is 2. The molecule has 0 radical (unpaired) electrons. The van der Waals surface area contributed by atoms with Gasteiger partial charge >= 0.3 is 6.18 Å². The first-order valence-electron chi connectivity index (χ1n) is 11.7. The van der Waals surface area contributed by atoms with E-state index in [9.17, 15) is 22.4 Å². The van der Waals surface area contributed by atoms with Crippen LogP contribution in [0, 0.1) is 5.82 Å². The Bertz CT molecular complexity index is 1390. The van der Waals surface area contributed by atoms with Crippen molar-refractivity contribution < 1.29 is 22.4 Å². The smallest absolute Gasteiger partial charge is 0.381 e. The standard InChI is InChI=1S/C27H23F4N5O/c28-22-7-4-8-24-21(22)13-14-25(26(37)35(24)17-27(29,30)31)36-16-23(33-34-36)19-9-11-20(12-10-19)32-15-18-5-2-1-3-6-18/h1-12,16,25,32H,13-15,17H2. The van der Waals surface area contributed by atoms with Gasteiger partial charge in [-0.05, 0) is 42.7 Å². The van der Waals surface area contributed by atoms with Crippen molar-refractivity contribution in [1.82, 2.24) is 15.0 Å². The third kappa shape index (κ3) is 5.47. The van der Waals surface area contributed by atoms with Crippen LogP contribution in [-0.4, -0.2) is 33.6 Å². The molecule has 2 heterocycles. The van der Waals surface area contributed by atoms with Crippen LogP contribution in [0.25, 0.3) is 11.3 Å². The van der Waals surface area contributed by atoms with Crippen LogP contribution >= 0.6 is 0 Å². The number of carbonyl (C=O) groups excluding carboxylic acids is 1. The van der Waals surface area contributed by atoms with Gasteiger partial charge in [0.05, 0.1) is 11.9 Å². The number of benzene rings is 3. The molecule has 0 aliphatic carbocycles. The zero-order valence-electron chi connectivity index (χ0n) is 19.6. The van der Waals surface area contributed by atoms with E-state index < -0.39 is 30.5 Å². The lowest BCUT2D eigenvalue weighted by molar-refractivity contribution is -0.134. The van der Waals surface area contributed by atoms with Gasteiger partial charge in [0.25, 0.3) is 5.91 Å². The number of hydrogen-bond donors (Lipinski definition) is 1. The second kappa shape index (κ2) is 10.0. The maximum atomic E-state index is 14.5. The van der Waals surface area contributed by atoms with Gasteiger partial charge in [-0.25, -0.2) is 9.07 Å². The fourth-order valence-corrected chi connectivity index (χ4v) is 4.46. The molecular formula is C27H23F4N5O. The molecular weight excluding hydrogens is 486 g/mol. The Labute approximate surface area is 210 Å². The molecule has 4 aromatic rings. The summed E-state index contributed by atoms with van der Waals surface area (Å²) < 4.78 is 55.8. The number of nitrogens with one attached hydrogen (secondary N) is 1. The lowest BCUT2D eigenvalue weighted by Gasteiger charge is -2.26. The monoisotopic (exact) mass is 509 g/mol. The highest BCUT2D eigenvalue weighted by Crippen LogP contribution is 2.35. The molecule has 1 atom stereocenters. The van der Waals surface area contributed by atoms with E-state index in [-0.39, 0.29) is 24.1 Å². The molecule has 5 rings (SSSR count). The molecule has 1 aliphatic rings. The summed E-state index contributed by atoms with van der Waals surface area (Å²) >= 11 is 0. The average molecular weight is 510 g/mol. The molecule has 0 spiro atoms. The van der Waals surface area contributed by atoms with Crippen LogP contribution in [0.2, 0.25) is 0 Å². The quantitative estimate of drug-likeness (QED) is 0.335. The maximum absolute atomic E-state index is 14.5. The Morgan fingerprint density at radius 3 is 2.46 bits per heavy atom. The molecule has 190 valence electrons. The third-order valence-corrected chi connectivity index (χ3v) is 6.29. The molecule has 0 saturated heterocycles. The highest BCUT2D eigenvalue weighted by atomic mass is 19.4. The number of carbonyl (C=O) groups is 1. The summed E-state index contributed by atoms with van der Waals surface area (Å²) in [4.78, 5) is 13.9. The third-order valence-electron chi connectivity index (χ3n) is 6.29. The first-order valence-corrected chi connectivity index (χ1v) is 11.7. The minimum atomic E-state index is -4.65. The van der Waals surface area contributed by atoms with Crippen LogP contribution < -0.4 is 10.2 Å². The average Bonchev–Trinajstić information content (AvgIpc) is 3.32. The number of aromatic nitrogens is 3.